The molecule has 1 aliphatic heterocycles. The molecule has 11 nitrogen and oxygen atoms in total. The molecular weight excluding hydrogens is 577 g/mol. The van der Waals surface area contributed by atoms with Crippen LogP contribution in [0.3, 0.4) is 0 Å². The van der Waals surface area contributed by atoms with E-state index in [2.05, 4.69) is 25.2 Å². The second-order valence-electron chi connectivity index (χ2n) is 8.69. The minimum Gasteiger partial charge on any atom is -0.311 e. The summed E-state index contributed by atoms with van der Waals surface area (Å²) in [6, 6.07) is 6.90. The molecule has 1 aliphatic rings. The van der Waals surface area contributed by atoms with Crippen LogP contribution in [0.4, 0.5) is 5.82 Å². The van der Waals surface area contributed by atoms with E-state index >= 15 is 0 Å². The van der Waals surface area contributed by atoms with Crippen molar-refractivity contribution in [2.75, 3.05) is 25.0 Å². The molecule has 0 atom stereocenters. The molecule has 4 aromatic rings. The van der Waals surface area contributed by atoms with E-state index in [1.165, 1.54) is 13.1 Å². The molecule has 0 unspecified atom stereocenters. The van der Waals surface area contributed by atoms with Crippen LogP contribution in [0.2, 0.25) is 0 Å². The van der Waals surface area contributed by atoms with Crippen molar-refractivity contribution < 1.29 is 9.59 Å². The lowest BCUT2D eigenvalue weighted by atomic mass is 10.0. The number of carbonyl (C=O) groups is 2. The van der Waals surface area contributed by atoms with E-state index in [1.807, 2.05) is 0 Å². The van der Waals surface area contributed by atoms with E-state index in [9.17, 15) is 19.2 Å². The van der Waals surface area contributed by atoms with Gasteiger partial charge in [0.15, 0.2) is 0 Å². The topological polar surface area (TPSA) is 143 Å². The fraction of sp³-hybridized carbons (Fsp3) is 0.292. The van der Waals surface area contributed by atoms with E-state index in [1.54, 1.807) is 57.6 Å². The van der Waals surface area contributed by atoms with Gasteiger partial charge in [-0.2, -0.15) is 0 Å². The van der Waals surface area contributed by atoms with Crippen molar-refractivity contribution in [3.8, 4) is 11.3 Å². The minimum absolute atomic E-state index is 0.0751. The third-order valence-electron chi connectivity index (χ3n) is 6.24. The van der Waals surface area contributed by atoms with Gasteiger partial charge in [0.2, 0.25) is 9.70 Å². The molecule has 0 spiro atoms. The first-order valence-electron chi connectivity index (χ1n) is 11.4. The van der Waals surface area contributed by atoms with Crippen LogP contribution >= 0.6 is 22.6 Å². The molecule has 184 valence electrons. The smallest absolute Gasteiger partial charge is 0.311 e. The number of anilines is 1. The summed E-state index contributed by atoms with van der Waals surface area (Å²) in [6.07, 6.45) is 4.38. The van der Waals surface area contributed by atoms with E-state index in [0.29, 0.717) is 66.1 Å². The Morgan fingerprint density at radius 1 is 1.11 bits per heavy atom. The highest BCUT2D eigenvalue weighted by Crippen LogP contribution is 2.29. The third-order valence-corrected chi connectivity index (χ3v) is 6.59. The van der Waals surface area contributed by atoms with Gasteiger partial charge in [0, 0.05) is 66.6 Å². The number of rotatable bonds is 5. The van der Waals surface area contributed by atoms with Gasteiger partial charge in [0.25, 0.3) is 5.56 Å². The van der Waals surface area contributed by atoms with Crippen molar-refractivity contribution in [1.82, 2.24) is 29.4 Å². The summed E-state index contributed by atoms with van der Waals surface area (Å²) in [5, 5.41) is 2.92. The summed E-state index contributed by atoms with van der Waals surface area (Å²) in [4.78, 5) is 66.5. The molecule has 2 N–H and O–H groups in total. The van der Waals surface area contributed by atoms with Gasteiger partial charge >= 0.3 is 5.69 Å². The maximum absolute atomic E-state index is 13.1. The van der Waals surface area contributed by atoms with Gasteiger partial charge < -0.3 is 5.32 Å². The Morgan fingerprint density at radius 3 is 2.56 bits per heavy atom. The molecule has 1 fully saturated rings. The number of halogens is 1. The summed E-state index contributed by atoms with van der Waals surface area (Å²) in [5.74, 6) is 0.210. The van der Waals surface area contributed by atoms with Gasteiger partial charge in [-0.05, 0) is 37.1 Å². The van der Waals surface area contributed by atoms with E-state index in [4.69, 9.17) is 4.98 Å². The Kier molecular flexibility index (Phi) is 6.62. The standard InChI is InChI=1S/C24H22IN7O4/c1-13(33)28-20-5-2-14(10-27-20)17-3-4-18-21(29-17)22-16(11-26-18)23(35)30-24(36)32(22)15-6-8-31(9-7-15)12-19(25)34/h2-5,10-11,15H,6-9,12H2,1H3,(H,27,28,33)(H,30,35,36). The number of fused-ring (bicyclic) bond motifs is 3. The van der Waals surface area contributed by atoms with Crippen molar-refractivity contribution in [2.45, 2.75) is 25.8 Å². The summed E-state index contributed by atoms with van der Waals surface area (Å²) in [5.41, 5.74) is 1.75. The second kappa shape index (κ2) is 9.85. The van der Waals surface area contributed by atoms with Crippen LogP contribution in [-0.2, 0) is 9.59 Å². The average molecular weight is 599 g/mol. The molecule has 0 aliphatic carbocycles. The number of likely N-dealkylation sites (tertiary alicyclic amines) is 1. The molecule has 0 aromatic carbocycles. The van der Waals surface area contributed by atoms with Crippen LogP contribution in [0.15, 0.2) is 46.2 Å². The minimum atomic E-state index is -0.512. The maximum atomic E-state index is 13.1. The predicted octanol–water partition coefficient (Wildman–Crippen LogP) is 2.25. The predicted molar refractivity (Wildman–Crippen MR) is 143 cm³/mol. The van der Waals surface area contributed by atoms with E-state index in [0.717, 1.165) is 0 Å². The molecule has 5 rings (SSSR count). The lowest BCUT2D eigenvalue weighted by molar-refractivity contribution is -0.114. The zero-order valence-corrected chi connectivity index (χ0v) is 21.5. The van der Waals surface area contributed by atoms with Gasteiger partial charge in [0.1, 0.15) is 11.3 Å². The molecule has 36 heavy (non-hydrogen) atoms. The van der Waals surface area contributed by atoms with Crippen molar-refractivity contribution in [1.29, 1.82) is 0 Å². The number of nitrogens with zero attached hydrogens (tertiary/aromatic N) is 5. The van der Waals surface area contributed by atoms with E-state index < -0.39 is 11.2 Å². The number of carbonyl (C=O) groups excluding carboxylic acids is 2. The average Bonchev–Trinajstić information content (AvgIpc) is 2.84. The summed E-state index contributed by atoms with van der Waals surface area (Å²) in [6.45, 7) is 3.12. The van der Waals surface area contributed by atoms with Crippen LogP contribution in [0.1, 0.15) is 25.8 Å². The molecule has 0 radical (unpaired) electrons. The van der Waals surface area contributed by atoms with Crippen molar-refractivity contribution in [3.05, 3.63) is 57.5 Å². The maximum Gasteiger partial charge on any atom is 0.329 e. The Morgan fingerprint density at radius 2 is 1.89 bits per heavy atom. The molecule has 5 heterocycles. The Bertz CT molecular complexity index is 1610. The molecule has 1 saturated heterocycles. The van der Waals surface area contributed by atoms with Crippen LogP contribution in [0, 0.1) is 0 Å². The van der Waals surface area contributed by atoms with Gasteiger partial charge in [-0.1, -0.05) is 0 Å². The highest BCUT2D eigenvalue weighted by atomic mass is 127. The number of aromatic amines is 1. The van der Waals surface area contributed by atoms with Crippen LogP contribution < -0.4 is 16.6 Å². The highest BCUT2D eigenvalue weighted by Gasteiger charge is 2.25. The number of amides is 1. The van der Waals surface area contributed by atoms with Gasteiger partial charge in [-0.15, -0.1) is 0 Å². The Balaban J connectivity index is 1.62. The lowest BCUT2D eigenvalue weighted by Gasteiger charge is -2.32. The normalized spacial score (nSPS) is 14.8. The lowest BCUT2D eigenvalue weighted by Crippen LogP contribution is -2.41. The molecule has 0 bridgehead atoms. The van der Waals surface area contributed by atoms with Crippen LogP contribution in [-0.4, -0.2) is 58.7 Å². The second-order valence-corrected chi connectivity index (χ2v) is 9.89. The number of piperidine rings is 1. The molecule has 12 heteroatoms. The number of nitrogens with one attached hydrogen (secondary N) is 2. The first kappa shape index (κ1) is 24.2. The first-order valence-corrected chi connectivity index (χ1v) is 12.5. The van der Waals surface area contributed by atoms with Crippen LogP contribution in [0.5, 0.6) is 0 Å². The quantitative estimate of drug-likeness (QED) is 0.202. The number of hydrogen-bond donors (Lipinski definition) is 2. The SMILES string of the molecule is CC(=O)Nc1ccc(-c2ccc3ncc4c(=O)[nH]c(=O)n(C5CCN(CC(=O)I)CC5)c4c3n2)cn1. The van der Waals surface area contributed by atoms with Crippen molar-refractivity contribution >= 4 is 60.0 Å². The van der Waals surface area contributed by atoms with Crippen LogP contribution in [0.25, 0.3) is 33.2 Å². The summed E-state index contributed by atoms with van der Waals surface area (Å²) in [7, 11) is 0. The molecule has 1 amide bonds. The highest BCUT2D eigenvalue weighted by molar-refractivity contribution is 14.1. The third kappa shape index (κ3) is 4.78. The number of hydrogen-bond acceptors (Lipinski definition) is 8. The van der Waals surface area contributed by atoms with Gasteiger partial charge in [-0.25, -0.2) is 14.8 Å². The van der Waals surface area contributed by atoms with Crippen molar-refractivity contribution in [2.24, 2.45) is 0 Å². The number of pyridine rings is 3. The summed E-state index contributed by atoms with van der Waals surface area (Å²) >= 11 is 1.79. The fourth-order valence-corrected chi connectivity index (χ4v) is 5.09. The molecule has 4 aromatic heterocycles. The fourth-order valence-electron chi connectivity index (χ4n) is 4.61. The first-order chi connectivity index (χ1) is 17.3. The number of aromatic nitrogens is 5. The zero-order valence-electron chi connectivity index (χ0n) is 19.3. The van der Waals surface area contributed by atoms with Gasteiger partial charge in [-0.3, -0.25) is 33.8 Å². The van der Waals surface area contributed by atoms with Crippen molar-refractivity contribution in [3.63, 3.8) is 0 Å². The van der Waals surface area contributed by atoms with Gasteiger partial charge in [0.05, 0.1) is 28.7 Å². The number of H-pyrrole nitrogens is 1. The summed E-state index contributed by atoms with van der Waals surface area (Å²) < 4.78 is 1.70. The van der Waals surface area contributed by atoms with E-state index in [-0.39, 0.29) is 21.1 Å². The molecule has 0 saturated carbocycles. The largest absolute Gasteiger partial charge is 0.329 e. The Labute approximate surface area is 218 Å². The Hall–Kier alpha value is -3.52. The molecular formula is C24H22IN7O4. The monoisotopic (exact) mass is 599 g/mol. The zero-order chi connectivity index (χ0) is 25.4.